The summed E-state index contributed by atoms with van der Waals surface area (Å²) in [5.41, 5.74) is 1.30. The van der Waals surface area contributed by atoms with Crippen molar-refractivity contribution in [2.45, 2.75) is 26.3 Å². The van der Waals surface area contributed by atoms with E-state index in [1.165, 1.54) is 0 Å². The van der Waals surface area contributed by atoms with Crippen molar-refractivity contribution in [2.75, 3.05) is 46.0 Å². The highest BCUT2D eigenvalue weighted by molar-refractivity contribution is 6.31. The molecule has 5 rings (SSSR count). The van der Waals surface area contributed by atoms with Crippen LogP contribution < -0.4 is 10.2 Å². The number of halogens is 1. The van der Waals surface area contributed by atoms with Crippen molar-refractivity contribution in [1.82, 2.24) is 9.80 Å². The predicted octanol–water partition coefficient (Wildman–Crippen LogP) is 4.75. The van der Waals surface area contributed by atoms with Gasteiger partial charge in [-0.1, -0.05) is 37.6 Å². The molecule has 1 unspecified atom stereocenters. The Balaban J connectivity index is 1.54. The summed E-state index contributed by atoms with van der Waals surface area (Å²) < 4.78 is 17.5. The van der Waals surface area contributed by atoms with Gasteiger partial charge in [0.15, 0.2) is 5.43 Å². The predicted molar refractivity (Wildman–Crippen MR) is 139 cm³/mol. The van der Waals surface area contributed by atoms with Gasteiger partial charge in [0.2, 0.25) is 5.76 Å². The quantitative estimate of drug-likeness (QED) is 0.435. The van der Waals surface area contributed by atoms with Gasteiger partial charge in [0.1, 0.15) is 11.3 Å². The van der Waals surface area contributed by atoms with E-state index in [9.17, 15) is 9.59 Å². The third-order valence-electron chi connectivity index (χ3n) is 6.83. The van der Waals surface area contributed by atoms with E-state index in [0.29, 0.717) is 60.4 Å². The Bertz CT molecular complexity index is 1320. The van der Waals surface area contributed by atoms with Crippen molar-refractivity contribution in [1.29, 1.82) is 0 Å². The number of amides is 1. The van der Waals surface area contributed by atoms with Crippen molar-refractivity contribution >= 4 is 28.5 Å². The van der Waals surface area contributed by atoms with E-state index in [1.54, 1.807) is 23.1 Å². The highest BCUT2D eigenvalue weighted by Gasteiger charge is 2.42. The van der Waals surface area contributed by atoms with Crippen LogP contribution in [0, 0.1) is 5.92 Å². The van der Waals surface area contributed by atoms with Crippen molar-refractivity contribution in [2.24, 2.45) is 5.92 Å². The standard InChI is InChI=1S/C28H31ClN2O5/c1-18(2)8-13-35-21-5-3-4-19(16-21)25-24-26(32)22-17-20(29)6-7-23(22)36-27(24)28(33)31(25)10-9-30-11-14-34-15-12-30/h3-7,16-18,25H,8-15H2,1-2H3. The molecule has 0 spiro atoms. The second-order valence-corrected chi connectivity index (χ2v) is 10.2. The molecule has 1 saturated heterocycles. The Morgan fingerprint density at radius 3 is 2.67 bits per heavy atom. The van der Waals surface area contributed by atoms with Crippen LogP contribution in [0.15, 0.2) is 51.7 Å². The first kappa shape index (κ1) is 24.8. The van der Waals surface area contributed by atoms with Gasteiger partial charge in [-0.2, -0.15) is 0 Å². The van der Waals surface area contributed by atoms with Crippen LogP contribution in [-0.2, 0) is 4.74 Å². The smallest absolute Gasteiger partial charge is 0.290 e. The molecule has 1 amide bonds. The van der Waals surface area contributed by atoms with Gasteiger partial charge in [0.05, 0.1) is 36.8 Å². The van der Waals surface area contributed by atoms with E-state index in [2.05, 4.69) is 18.7 Å². The molecular formula is C28H31ClN2O5. The molecule has 3 heterocycles. The number of hydrogen-bond acceptors (Lipinski definition) is 6. The van der Waals surface area contributed by atoms with Crippen LogP contribution in [0.2, 0.25) is 5.02 Å². The van der Waals surface area contributed by atoms with E-state index in [0.717, 1.165) is 30.8 Å². The average molecular weight is 511 g/mol. The minimum atomic E-state index is -0.568. The Labute approximate surface area is 215 Å². The van der Waals surface area contributed by atoms with Crippen molar-refractivity contribution in [3.8, 4) is 5.75 Å². The molecule has 1 aromatic heterocycles. The molecule has 2 aromatic carbocycles. The van der Waals surface area contributed by atoms with Crippen molar-refractivity contribution in [3.63, 3.8) is 0 Å². The molecule has 8 heteroatoms. The lowest BCUT2D eigenvalue weighted by Gasteiger charge is -2.31. The minimum absolute atomic E-state index is 0.105. The number of hydrogen-bond donors (Lipinski definition) is 0. The number of nitrogens with zero attached hydrogens (tertiary/aromatic N) is 2. The second kappa shape index (κ2) is 10.6. The first-order valence-electron chi connectivity index (χ1n) is 12.5. The van der Waals surface area contributed by atoms with Gasteiger partial charge in [-0.3, -0.25) is 14.5 Å². The fraction of sp³-hybridized carbons (Fsp3) is 0.429. The van der Waals surface area contributed by atoms with Crippen LogP contribution >= 0.6 is 11.6 Å². The van der Waals surface area contributed by atoms with Crippen LogP contribution in [0.3, 0.4) is 0 Å². The molecule has 36 heavy (non-hydrogen) atoms. The number of fused-ring (bicyclic) bond motifs is 2. The van der Waals surface area contributed by atoms with E-state index < -0.39 is 6.04 Å². The van der Waals surface area contributed by atoms with E-state index in [-0.39, 0.29) is 17.1 Å². The largest absolute Gasteiger partial charge is 0.494 e. The maximum Gasteiger partial charge on any atom is 0.290 e. The van der Waals surface area contributed by atoms with Crippen LogP contribution in [0.4, 0.5) is 0 Å². The molecule has 3 aromatic rings. The van der Waals surface area contributed by atoms with E-state index >= 15 is 0 Å². The highest BCUT2D eigenvalue weighted by atomic mass is 35.5. The lowest BCUT2D eigenvalue weighted by atomic mass is 9.98. The molecule has 0 N–H and O–H groups in total. The molecule has 0 aliphatic carbocycles. The third-order valence-corrected chi connectivity index (χ3v) is 7.06. The maximum atomic E-state index is 13.7. The number of ether oxygens (including phenoxy) is 2. The van der Waals surface area contributed by atoms with Crippen LogP contribution in [0.25, 0.3) is 11.0 Å². The van der Waals surface area contributed by atoms with Gasteiger partial charge < -0.3 is 18.8 Å². The monoisotopic (exact) mass is 510 g/mol. The summed E-state index contributed by atoms with van der Waals surface area (Å²) in [6.45, 7) is 9.06. The number of carbonyl (C=O) groups is 1. The topological polar surface area (TPSA) is 72.2 Å². The molecule has 190 valence electrons. The minimum Gasteiger partial charge on any atom is -0.494 e. The Morgan fingerprint density at radius 2 is 1.89 bits per heavy atom. The lowest BCUT2D eigenvalue weighted by molar-refractivity contribution is 0.0314. The fourth-order valence-corrected chi connectivity index (χ4v) is 5.00. The molecule has 2 aliphatic heterocycles. The van der Waals surface area contributed by atoms with Crippen molar-refractivity contribution in [3.05, 3.63) is 74.6 Å². The summed E-state index contributed by atoms with van der Waals surface area (Å²) in [5.74, 6) is 1.08. The summed E-state index contributed by atoms with van der Waals surface area (Å²) in [6.07, 6.45) is 0.941. The zero-order chi connectivity index (χ0) is 25.2. The summed E-state index contributed by atoms with van der Waals surface area (Å²) >= 11 is 6.19. The van der Waals surface area contributed by atoms with E-state index in [4.69, 9.17) is 25.5 Å². The number of benzene rings is 2. The van der Waals surface area contributed by atoms with Crippen LogP contribution in [0.5, 0.6) is 5.75 Å². The Morgan fingerprint density at radius 1 is 1.08 bits per heavy atom. The fourth-order valence-electron chi connectivity index (χ4n) is 4.83. The number of morpholine rings is 1. The summed E-state index contributed by atoms with van der Waals surface area (Å²) in [6, 6.07) is 12.0. The van der Waals surface area contributed by atoms with E-state index in [1.807, 2.05) is 24.3 Å². The zero-order valence-corrected chi connectivity index (χ0v) is 21.4. The average Bonchev–Trinajstić information content (AvgIpc) is 3.15. The number of carbonyl (C=O) groups excluding carboxylic acids is 1. The van der Waals surface area contributed by atoms with Gasteiger partial charge in [-0.15, -0.1) is 0 Å². The zero-order valence-electron chi connectivity index (χ0n) is 20.7. The second-order valence-electron chi connectivity index (χ2n) is 9.77. The van der Waals surface area contributed by atoms with Gasteiger partial charge >= 0.3 is 0 Å². The SMILES string of the molecule is CC(C)CCOc1cccc(C2c3c(oc4ccc(Cl)cc4c3=O)C(=O)N2CCN2CCOCC2)c1. The normalized spacial score (nSPS) is 18.3. The molecule has 7 nitrogen and oxygen atoms in total. The van der Waals surface area contributed by atoms with Gasteiger partial charge in [-0.25, -0.2) is 0 Å². The van der Waals surface area contributed by atoms with Gasteiger partial charge in [0, 0.05) is 31.2 Å². The highest BCUT2D eigenvalue weighted by Crippen LogP contribution is 2.39. The Kier molecular flexibility index (Phi) is 7.32. The molecular weight excluding hydrogens is 480 g/mol. The maximum absolute atomic E-state index is 13.7. The van der Waals surface area contributed by atoms with Crippen LogP contribution in [-0.4, -0.2) is 61.7 Å². The lowest BCUT2D eigenvalue weighted by Crippen LogP contribution is -2.42. The Hall–Kier alpha value is -2.87. The summed E-state index contributed by atoms with van der Waals surface area (Å²) in [5, 5.41) is 0.818. The molecule has 0 bridgehead atoms. The molecule has 1 atom stereocenters. The summed E-state index contributed by atoms with van der Waals surface area (Å²) in [4.78, 5) is 31.4. The molecule has 0 radical (unpaired) electrons. The summed E-state index contributed by atoms with van der Waals surface area (Å²) in [7, 11) is 0. The first-order chi connectivity index (χ1) is 17.4. The molecule has 2 aliphatic rings. The van der Waals surface area contributed by atoms with Crippen LogP contribution in [0.1, 0.15) is 48.0 Å². The first-order valence-corrected chi connectivity index (χ1v) is 12.9. The van der Waals surface area contributed by atoms with Gasteiger partial charge in [0.25, 0.3) is 5.91 Å². The molecule has 1 fully saturated rings. The molecule has 0 saturated carbocycles. The van der Waals surface area contributed by atoms with Gasteiger partial charge in [-0.05, 0) is 48.2 Å². The van der Waals surface area contributed by atoms with Crippen molar-refractivity contribution < 1.29 is 18.7 Å². The third kappa shape index (κ3) is 5.01. The number of rotatable bonds is 8.